The highest BCUT2D eigenvalue weighted by Gasteiger charge is 2.18. The monoisotopic (exact) mass is 400 g/mol. The van der Waals surface area contributed by atoms with Crippen molar-refractivity contribution in [2.75, 3.05) is 20.1 Å². The Labute approximate surface area is 151 Å². The molecular formula is C16H22BrClN4O. The van der Waals surface area contributed by atoms with Gasteiger partial charge in [0.2, 0.25) is 0 Å². The molecule has 5 nitrogen and oxygen atoms in total. The van der Waals surface area contributed by atoms with Gasteiger partial charge in [-0.25, -0.2) is 0 Å². The molecule has 0 saturated carbocycles. The summed E-state index contributed by atoms with van der Waals surface area (Å²) in [6, 6.07) is 8.10. The molecule has 0 fully saturated rings. The molecule has 0 radical (unpaired) electrons. The zero-order chi connectivity index (χ0) is 16.1. The topological polar surface area (TPSA) is 58.9 Å². The number of aryl methyl sites for hydroxylation is 1. The molecule has 0 bridgehead atoms. The van der Waals surface area contributed by atoms with Gasteiger partial charge in [-0.2, -0.15) is 5.10 Å². The standard InChI is InChI=1S/C16H21BrN4O.ClH/c1-11-15(16(22)19-8-7-18-3)12(2)21(20-11)10-13-5-4-6-14(17)9-13;/h4-6,9,18H,7-8,10H2,1-3H3,(H,19,22);1H. The number of hydrogen-bond donors (Lipinski definition) is 2. The lowest BCUT2D eigenvalue weighted by Gasteiger charge is -2.07. The van der Waals surface area contributed by atoms with Crippen molar-refractivity contribution >= 4 is 34.2 Å². The third kappa shape index (κ3) is 5.06. The summed E-state index contributed by atoms with van der Waals surface area (Å²) in [4.78, 5) is 12.3. The molecule has 126 valence electrons. The number of amides is 1. The summed E-state index contributed by atoms with van der Waals surface area (Å²) in [6.45, 7) is 5.80. The fraction of sp³-hybridized carbons (Fsp3) is 0.375. The van der Waals surface area contributed by atoms with E-state index < -0.39 is 0 Å². The normalized spacial score (nSPS) is 10.3. The predicted octanol–water partition coefficient (Wildman–Crippen LogP) is 2.68. The highest BCUT2D eigenvalue weighted by molar-refractivity contribution is 9.10. The fourth-order valence-electron chi connectivity index (χ4n) is 2.38. The van der Waals surface area contributed by atoms with Gasteiger partial charge in [0.25, 0.3) is 5.91 Å². The van der Waals surface area contributed by atoms with Crippen LogP contribution < -0.4 is 10.6 Å². The average Bonchev–Trinajstić information content (AvgIpc) is 2.73. The van der Waals surface area contributed by atoms with Crippen molar-refractivity contribution in [2.45, 2.75) is 20.4 Å². The van der Waals surface area contributed by atoms with Crippen LogP contribution in [-0.4, -0.2) is 35.8 Å². The number of rotatable bonds is 6. The van der Waals surface area contributed by atoms with Gasteiger partial charge in [-0.05, 0) is 38.6 Å². The third-order valence-electron chi connectivity index (χ3n) is 3.49. The van der Waals surface area contributed by atoms with E-state index >= 15 is 0 Å². The molecule has 1 heterocycles. The molecule has 0 unspecified atom stereocenters. The number of benzene rings is 1. The molecule has 0 aliphatic rings. The predicted molar refractivity (Wildman–Crippen MR) is 98.5 cm³/mol. The highest BCUT2D eigenvalue weighted by atomic mass is 79.9. The van der Waals surface area contributed by atoms with Gasteiger partial charge in [-0.1, -0.05) is 28.1 Å². The Kier molecular flexibility index (Phi) is 7.75. The van der Waals surface area contributed by atoms with Gasteiger partial charge in [0, 0.05) is 23.3 Å². The molecule has 7 heteroatoms. The van der Waals surface area contributed by atoms with Crippen molar-refractivity contribution in [3.8, 4) is 0 Å². The molecule has 0 saturated heterocycles. The van der Waals surface area contributed by atoms with E-state index in [0.717, 1.165) is 28.0 Å². The van der Waals surface area contributed by atoms with Crippen LogP contribution in [0.15, 0.2) is 28.7 Å². The Morgan fingerprint density at radius 2 is 2.04 bits per heavy atom. The number of likely N-dealkylation sites (N-methyl/N-ethyl adjacent to an activating group) is 1. The van der Waals surface area contributed by atoms with Gasteiger partial charge < -0.3 is 10.6 Å². The van der Waals surface area contributed by atoms with Crippen molar-refractivity contribution in [1.82, 2.24) is 20.4 Å². The summed E-state index contributed by atoms with van der Waals surface area (Å²) in [7, 11) is 1.86. The molecule has 0 aliphatic carbocycles. The van der Waals surface area contributed by atoms with E-state index in [-0.39, 0.29) is 18.3 Å². The van der Waals surface area contributed by atoms with Gasteiger partial charge in [-0.3, -0.25) is 9.48 Å². The van der Waals surface area contributed by atoms with Crippen molar-refractivity contribution < 1.29 is 4.79 Å². The van der Waals surface area contributed by atoms with Crippen LogP contribution in [-0.2, 0) is 6.54 Å². The zero-order valence-corrected chi connectivity index (χ0v) is 15.9. The summed E-state index contributed by atoms with van der Waals surface area (Å²) in [5.74, 6) is -0.0641. The second-order valence-corrected chi connectivity index (χ2v) is 6.11. The Morgan fingerprint density at radius 1 is 1.30 bits per heavy atom. The summed E-state index contributed by atoms with van der Waals surface area (Å²) in [5, 5.41) is 10.4. The fourth-order valence-corrected chi connectivity index (χ4v) is 2.82. The SMILES string of the molecule is CNCCNC(=O)c1c(C)nn(Cc2cccc(Br)c2)c1C.Cl. The van der Waals surface area contributed by atoms with Gasteiger partial charge >= 0.3 is 0 Å². The maximum absolute atomic E-state index is 12.3. The molecular weight excluding hydrogens is 380 g/mol. The molecule has 23 heavy (non-hydrogen) atoms. The number of hydrogen-bond acceptors (Lipinski definition) is 3. The Morgan fingerprint density at radius 3 is 2.70 bits per heavy atom. The van der Waals surface area contributed by atoms with Gasteiger partial charge in [0.15, 0.2) is 0 Å². The van der Waals surface area contributed by atoms with E-state index in [1.165, 1.54) is 0 Å². The lowest BCUT2D eigenvalue weighted by Crippen LogP contribution is -2.31. The molecule has 0 aliphatic heterocycles. The number of carbonyl (C=O) groups excluding carboxylic acids is 1. The lowest BCUT2D eigenvalue weighted by molar-refractivity contribution is 0.0953. The quantitative estimate of drug-likeness (QED) is 0.732. The van der Waals surface area contributed by atoms with Crippen LogP contribution in [0.4, 0.5) is 0 Å². The number of halogens is 2. The van der Waals surface area contributed by atoms with Crippen LogP contribution in [0.2, 0.25) is 0 Å². The van der Waals surface area contributed by atoms with Crippen LogP contribution in [0.1, 0.15) is 27.3 Å². The lowest BCUT2D eigenvalue weighted by atomic mass is 10.1. The van der Waals surface area contributed by atoms with Crippen molar-refractivity contribution in [2.24, 2.45) is 0 Å². The minimum absolute atomic E-state index is 0. The molecule has 2 N–H and O–H groups in total. The zero-order valence-electron chi connectivity index (χ0n) is 13.5. The summed E-state index contributed by atoms with van der Waals surface area (Å²) < 4.78 is 2.92. The van der Waals surface area contributed by atoms with E-state index in [9.17, 15) is 4.79 Å². The minimum atomic E-state index is -0.0641. The Balaban J connectivity index is 0.00000264. The molecule has 0 atom stereocenters. The van der Waals surface area contributed by atoms with Crippen molar-refractivity contribution in [3.05, 3.63) is 51.3 Å². The molecule has 1 aromatic carbocycles. The van der Waals surface area contributed by atoms with Crippen LogP contribution >= 0.6 is 28.3 Å². The van der Waals surface area contributed by atoms with Gasteiger partial charge in [0.1, 0.15) is 0 Å². The second kappa shape index (κ2) is 9.05. The van der Waals surface area contributed by atoms with Gasteiger partial charge in [0.05, 0.1) is 17.8 Å². The third-order valence-corrected chi connectivity index (χ3v) is 3.98. The van der Waals surface area contributed by atoms with Crippen LogP contribution in [0.3, 0.4) is 0 Å². The summed E-state index contributed by atoms with van der Waals surface area (Å²) in [5.41, 5.74) is 3.46. The van der Waals surface area contributed by atoms with E-state index in [1.54, 1.807) is 0 Å². The minimum Gasteiger partial charge on any atom is -0.351 e. The average molecular weight is 402 g/mol. The Hall–Kier alpha value is -1.37. The smallest absolute Gasteiger partial charge is 0.255 e. The first-order valence-electron chi connectivity index (χ1n) is 7.24. The van der Waals surface area contributed by atoms with Crippen LogP contribution in [0.5, 0.6) is 0 Å². The molecule has 2 rings (SSSR count). The summed E-state index contributed by atoms with van der Waals surface area (Å²) in [6.07, 6.45) is 0. The van der Waals surface area contributed by atoms with Gasteiger partial charge in [-0.15, -0.1) is 12.4 Å². The largest absolute Gasteiger partial charge is 0.351 e. The first-order chi connectivity index (χ1) is 10.5. The molecule has 1 amide bonds. The molecule has 2 aromatic rings. The van der Waals surface area contributed by atoms with E-state index in [2.05, 4.69) is 37.7 Å². The second-order valence-electron chi connectivity index (χ2n) is 5.19. The molecule has 1 aromatic heterocycles. The van der Waals surface area contributed by atoms with Crippen molar-refractivity contribution in [1.29, 1.82) is 0 Å². The number of nitrogens with zero attached hydrogens (tertiary/aromatic N) is 2. The van der Waals surface area contributed by atoms with Crippen molar-refractivity contribution in [3.63, 3.8) is 0 Å². The first kappa shape index (κ1) is 19.7. The van der Waals surface area contributed by atoms with Crippen LogP contribution in [0, 0.1) is 13.8 Å². The van der Waals surface area contributed by atoms with Crippen LogP contribution in [0.25, 0.3) is 0 Å². The molecule has 0 spiro atoms. The number of aromatic nitrogens is 2. The number of carbonyl (C=O) groups is 1. The van der Waals surface area contributed by atoms with E-state index in [1.807, 2.05) is 43.8 Å². The highest BCUT2D eigenvalue weighted by Crippen LogP contribution is 2.17. The van der Waals surface area contributed by atoms with E-state index in [4.69, 9.17) is 0 Å². The Bertz CT molecular complexity index is 672. The number of nitrogens with one attached hydrogen (secondary N) is 2. The van der Waals surface area contributed by atoms with E-state index in [0.29, 0.717) is 18.7 Å². The maximum atomic E-state index is 12.3. The first-order valence-corrected chi connectivity index (χ1v) is 8.03. The maximum Gasteiger partial charge on any atom is 0.255 e. The summed E-state index contributed by atoms with van der Waals surface area (Å²) >= 11 is 3.47.